The largest absolute Gasteiger partial charge is 0.316 e. The van der Waals surface area contributed by atoms with Gasteiger partial charge in [-0.1, -0.05) is 6.07 Å². The Labute approximate surface area is 125 Å². The highest BCUT2D eigenvalue weighted by Crippen LogP contribution is 2.21. The van der Waals surface area contributed by atoms with Crippen LogP contribution in [-0.4, -0.2) is 25.7 Å². The number of benzene rings is 1. The molecule has 2 aromatic rings. The van der Waals surface area contributed by atoms with Crippen molar-refractivity contribution in [2.75, 3.05) is 11.8 Å². The zero-order chi connectivity index (χ0) is 15.6. The van der Waals surface area contributed by atoms with Gasteiger partial charge >= 0.3 is 0 Å². The number of aryl methyl sites for hydroxylation is 3. The van der Waals surface area contributed by atoms with Crippen LogP contribution in [0.25, 0.3) is 0 Å². The zero-order valence-electron chi connectivity index (χ0n) is 12.6. The third kappa shape index (κ3) is 3.43. The quantitative estimate of drug-likeness (QED) is 0.787. The van der Waals surface area contributed by atoms with Crippen LogP contribution in [0.3, 0.4) is 0 Å². The number of aromatic amines is 1. The van der Waals surface area contributed by atoms with Gasteiger partial charge < -0.3 is 5.32 Å². The van der Waals surface area contributed by atoms with Crippen molar-refractivity contribution in [1.82, 2.24) is 15.5 Å². The second kappa shape index (κ2) is 5.87. The summed E-state index contributed by atoms with van der Waals surface area (Å²) < 4.78 is 27.6. The normalized spacial score (nSPS) is 11.6. The molecule has 114 valence electrons. The maximum atomic E-state index is 12.5. The molecule has 6 nitrogen and oxygen atoms in total. The Morgan fingerprint density at radius 2 is 1.76 bits per heavy atom. The van der Waals surface area contributed by atoms with Crippen molar-refractivity contribution < 1.29 is 8.42 Å². The van der Waals surface area contributed by atoms with Gasteiger partial charge in [-0.25, -0.2) is 0 Å². The minimum absolute atomic E-state index is 0.0357. The Morgan fingerprint density at radius 3 is 2.33 bits per heavy atom. The molecule has 1 heterocycles. The first-order chi connectivity index (χ1) is 9.83. The molecule has 0 amide bonds. The molecular weight excluding hydrogens is 288 g/mol. The number of nitrogens with one attached hydrogen (secondary N) is 3. The van der Waals surface area contributed by atoms with Crippen molar-refractivity contribution in [3.63, 3.8) is 0 Å². The third-order valence-corrected chi connectivity index (χ3v) is 4.47. The topological polar surface area (TPSA) is 86.9 Å². The Morgan fingerprint density at radius 1 is 1.14 bits per heavy atom. The summed E-state index contributed by atoms with van der Waals surface area (Å²) in [6.07, 6.45) is 0. The average Bonchev–Trinajstić information content (AvgIpc) is 2.70. The van der Waals surface area contributed by atoms with Gasteiger partial charge in [0, 0.05) is 23.5 Å². The fraction of sp³-hybridized carbons (Fsp3) is 0.357. The first-order valence-corrected chi connectivity index (χ1v) is 8.11. The molecule has 0 saturated carbocycles. The van der Waals surface area contributed by atoms with Crippen LogP contribution in [0, 0.1) is 20.8 Å². The number of anilines is 1. The molecule has 0 radical (unpaired) electrons. The first-order valence-electron chi connectivity index (χ1n) is 6.63. The molecule has 0 aliphatic carbocycles. The van der Waals surface area contributed by atoms with Crippen LogP contribution in [-0.2, 0) is 16.6 Å². The summed E-state index contributed by atoms with van der Waals surface area (Å²) in [5.74, 6) is 0. The number of hydrogen-bond donors (Lipinski definition) is 3. The van der Waals surface area contributed by atoms with E-state index in [1.165, 1.54) is 0 Å². The lowest BCUT2D eigenvalue weighted by molar-refractivity contribution is 0.595. The molecule has 7 heteroatoms. The summed E-state index contributed by atoms with van der Waals surface area (Å²) in [5.41, 5.74) is 3.94. The van der Waals surface area contributed by atoms with Gasteiger partial charge in [-0.15, -0.1) is 0 Å². The molecular formula is C14H20N4O2S. The molecule has 2 rings (SSSR count). The third-order valence-electron chi connectivity index (χ3n) is 3.12. The van der Waals surface area contributed by atoms with E-state index < -0.39 is 10.0 Å². The highest BCUT2D eigenvalue weighted by Gasteiger charge is 2.23. The summed E-state index contributed by atoms with van der Waals surface area (Å²) in [6, 6.07) is 5.58. The minimum Gasteiger partial charge on any atom is -0.316 e. The standard InChI is InChI=1S/C14H20N4O2S/c1-9-5-10(2)7-12(6-9)18-21(19,20)14-13(8-15-4)11(3)16-17-14/h5-7,15,18H,8H2,1-4H3,(H,16,17). The highest BCUT2D eigenvalue weighted by molar-refractivity contribution is 7.92. The maximum Gasteiger partial charge on any atom is 0.281 e. The Kier molecular flexibility index (Phi) is 4.34. The lowest BCUT2D eigenvalue weighted by atomic mass is 10.1. The molecule has 0 unspecified atom stereocenters. The van der Waals surface area contributed by atoms with E-state index in [4.69, 9.17) is 0 Å². The van der Waals surface area contributed by atoms with Gasteiger partial charge in [0.05, 0.1) is 0 Å². The number of nitrogens with zero attached hydrogens (tertiary/aromatic N) is 1. The Hall–Kier alpha value is -1.86. The number of rotatable bonds is 5. The van der Waals surface area contributed by atoms with E-state index in [0.29, 0.717) is 17.8 Å². The van der Waals surface area contributed by atoms with E-state index >= 15 is 0 Å². The van der Waals surface area contributed by atoms with Crippen molar-refractivity contribution in [3.05, 3.63) is 40.6 Å². The number of aromatic nitrogens is 2. The monoisotopic (exact) mass is 308 g/mol. The fourth-order valence-electron chi connectivity index (χ4n) is 2.27. The van der Waals surface area contributed by atoms with E-state index in [2.05, 4.69) is 20.2 Å². The van der Waals surface area contributed by atoms with Crippen molar-refractivity contribution in [2.45, 2.75) is 32.3 Å². The summed E-state index contributed by atoms with van der Waals surface area (Å²) in [5, 5.41) is 9.65. The number of sulfonamides is 1. The van der Waals surface area contributed by atoms with Crippen LogP contribution in [0.4, 0.5) is 5.69 Å². The van der Waals surface area contributed by atoms with E-state index in [0.717, 1.165) is 16.8 Å². The van der Waals surface area contributed by atoms with Crippen molar-refractivity contribution in [2.24, 2.45) is 0 Å². The van der Waals surface area contributed by atoms with Crippen molar-refractivity contribution >= 4 is 15.7 Å². The van der Waals surface area contributed by atoms with E-state index in [1.54, 1.807) is 26.1 Å². The van der Waals surface area contributed by atoms with Gasteiger partial charge in [-0.05, 0) is 51.1 Å². The lowest BCUT2D eigenvalue weighted by Gasteiger charge is -2.09. The Bertz CT molecular complexity index is 730. The van der Waals surface area contributed by atoms with Gasteiger partial charge in [0.25, 0.3) is 10.0 Å². The van der Waals surface area contributed by atoms with Crippen molar-refractivity contribution in [3.8, 4) is 0 Å². The number of hydrogen-bond acceptors (Lipinski definition) is 4. The molecule has 0 bridgehead atoms. The molecule has 0 aliphatic heterocycles. The molecule has 21 heavy (non-hydrogen) atoms. The van der Waals surface area contributed by atoms with E-state index in [9.17, 15) is 8.42 Å². The summed E-state index contributed by atoms with van der Waals surface area (Å²) in [7, 11) is -1.95. The molecule has 3 N–H and O–H groups in total. The lowest BCUT2D eigenvalue weighted by Crippen LogP contribution is -2.17. The number of H-pyrrole nitrogens is 1. The summed E-state index contributed by atoms with van der Waals surface area (Å²) in [6.45, 7) is 6.09. The van der Waals surface area contributed by atoms with Crippen LogP contribution in [0.15, 0.2) is 23.2 Å². The smallest absolute Gasteiger partial charge is 0.281 e. The van der Waals surface area contributed by atoms with Gasteiger partial charge in [-0.2, -0.15) is 13.5 Å². The molecule has 1 aromatic heterocycles. The van der Waals surface area contributed by atoms with Crippen molar-refractivity contribution in [1.29, 1.82) is 0 Å². The average molecular weight is 308 g/mol. The minimum atomic E-state index is -3.71. The highest BCUT2D eigenvalue weighted by atomic mass is 32.2. The molecule has 1 aromatic carbocycles. The van der Waals surface area contributed by atoms with Crippen LogP contribution in [0.5, 0.6) is 0 Å². The predicted molar refractivity (Wildman–Crippen MR) is 82.8 cm³/mol. The van der Waals surface area contributed by atoms with Crippen LogP contribution >= 0.6 is 0 Å². The van der Waals surface area contributed by atoms with Gasteiger partial charge in [-0.3, -0.25) is 9.82 Å². The second-order valence-corrected chi connectivity index (χ2v) is 6.74. The second-order valence-electron chi connectivity index (χ2n) is 5.14. The fourth-order valence-corrected chi connectivity index (χ4v) is 3.51. The SMILES string of the molecule is CNCc1c(S(=O)(=O)Nc2cc(C)cc(C)c2)n[nH]c1C. The van der Waals surface area contributed by atoms with Crippen LogP contribution in [0.2, 0.25) is 0 Å². The van der Waals surface area contributed by atoms with Crippen LogP contribution in [0.1, 0.15) is 22.4 Å². The maximum absolute atomic E-state index is 12.5. The van der Waals surface area contributed by atoms with E-state index in [1.807, 2.05) is 19.9 Å². The van der Waals surface area contributed by atoms with Gasteiger partial charge in [0.1, 0.15) is 0 Å². The zero-order valence-corrected chi connectivity index (χ0v) is 13.4. The van der Waals surface area contributed by atoms with Crippen LogP contribution < -0.4 is 10.0 Å². The molecule has 0 saturated heterocycles. The molecule has 0 atom stereocenters. The molecule has 0 aliphatic rings. The van der Waals surface area contributed by atoms with E-state index in [-0.39, 0.29) is 5.03 Å². The molecule has 0 spiro atoms. The Balaban J connectivity index is 2.38. The summed E-state index contributed by atoms with van der Waals surface area (Å²) >= 11 is 0. The molecule has 0 fully saturated rings. The van der Waals surface area contributed by atoms with Gasteiger partial charge in [0.2, 0.25) is 5.03 Å². The summed E-state index contributed by atoms with van der Waals surface area (Å²) in [4.78, 5) is 0. The first kappa shape index (κ1) is 15.5. The predicted octanol–water partition coefficient (Wildman–Crippen LogP) is 1.86. The van der Waals surface area contributed by atoms with Gasteiger partial charge in [0.15, 0.2) is 0 Å².